The van der Waals surface area contributed by atoms with Crippen molar-refractivity contribution in [3.63, 3.8) is 0 Å². The third-order valence-electron chi connectivity index (χ3n) is 4.60. The molecule has 3 rings (SSSR count). The van der Waals surface area contributed by atoms with Crippen LogP contribution >= 0.6 is 0 Å². The predicted molar refractivity (Wildman–Crippen MR) is 70.3 cm³/mol. The van der Waals surface area contributed by atoms with Gasteiger partial charge >= 0.3 is 0 Å². The highest BCUT2D eigenvalue weighted by atomic mass is 16.5. The molecule has 1 unspecified atom stereocenters. The maximum Gasteiger partial charge on any atom is 0.111 e. The van der Waals surface area contributed by atoms with E-state index in [0.717, 1.165) is 32.2 Å². The van der Waals surface area contributed by atoms with Crippen LogP contribution in [-0.4, -0.2) is 29.2 Å². The lowest BCUT2D eigenvalue weighted by Crippen LogP contribution is -2.34. The summed E-state index contributed by atoms with van der Waals surface area (Å²) >= 11 is 0. The lowest BCUT2D eigenvalue weighted by molar-refractivity contribution is 0.0219. The molecule has 0 spiro atoms. The molecule has 1 N–H and O–H groups in total. The van der Waals surface area contributed by atoms with Gasteiger partial charge in [0, 0.05) is 19.6 Å². The third kappa shape index (κ3) is 2.19. The smallest absolute Gasteiger partial charge is 0.111 e. The van der Waals surface area contributed by atoms with Crippen LogP contribution in [0.15, 0.2) is 12.5 Å². The van der Waals surface area contributed by atoms with Gasteiger partial charge in [-0.3, -0.25) is 0 Å². The molecular formula is C14H23N3O. The molecule has 1 aliphatic heterocycles. The number of morpholine rings is 1. The Morgan fingerprint density at radius 1 is 1.56 bits per heavy atom. The normalized spacial score (nSPS) is 26.5. The first-order valence-electron chi connectivity index (χ1n) is 7.04. The van der Waals surface area contributed by atoms with Gasteiger partial charge in [0.2, 0.25) is 0 Å². The quantitative estimate of drug-likeness (QED) is 0.887. The van der Waals surface area contributed by atoms with E-state index in [1.807, 2.05) is 12.5 Å². The van der Waals surface area contributed by atoms with Gasteiger partial charge in [-0.25, -0.2) is 4.98 Å². The van der Waals surface area contributed by atoms with Crippen LogP contribution < -0.4 is 5.32 Å². The molecule has 100 valence electrons. The average molecular weight is 249 g/mol. The van der Waals surface area contributed by atoms with Crippen molar-refractivity contribution in [2.75, 3.05) is 19.7 Å². The van der Waals surface area contributed by atoms with Crippen molar-refractivity contribution in [3.8, 4) is 0 Å². The summed E-state index contributed by atoms with van der Waals surface area (Å²) in [5.74, 6) is 0.748. The van der Waals surface area contributed by atoms with Crippen LogP contribution in [0, 0.1) is 11.3 Å². The Hall–Kier alpha value is -0.870. The summed E-state index contributed by atoms with van der Waals surface area (Å²) in [6.07, 6.45) is 6.81. The largest absolute Gasteiger partial charge is 0.369 e. The van der Waals surface area contributed by atoms with Crippen molar-refractivity contribution in [1.29, 1.82) is 0 Å². The number of nitrogens with one attached hydrogen (secondary N) is 1. The second-order valence-electron chi connectivity index (χ2n) is 6.03. The Morgan fingerprint density at radius 3 is 3.00 bits per heavy atom. The van der Waals surface area contributed by atoms with E-state index >= 15 is 0 Å². The van der Waals surface area contributed by atoms with Crippen molar-refractivity contribution < 1.29 is 4.74 Å². The Bertz CT molecular complexity index is 403. The summed E-state index contributed by atoms with van der Waals surface area (Å²) in [5, 5.41) is 3.39. The van der Waals surface area contributed by atoms with E-state index in [1.165, 1.54) is 18.5 Å². The molecule has 2 fully saturated rings. The van der Waals surface area contributed by atoms with Crippen LogP contribution in [0.3, 0.4) is 0 Å². The fraction of sp³-hybridized carbons (Fsp3) is 0.786. The molecule has 2 aliphatic rings. The number of aromatic nitrogens is 2. The van der Waals surface area contributed by atoms with Crippen molar-refractivity contribution in [1.82, 2.24) is 14.9 Å². The summed E-state index contributed by atoms with van der Waals surface area (Å²) in [5.41, 5.74) is 1.74. The monoisotopic (exact) mass is 249 g/mol. The summed E-state index contributed by atoms with van der Waals surface area (Å²) in [6.45, 7) is 8.43. The summed E-state index contributed by atoms with van der Waals surface area (Å²) in [7, 11) is 0. The lowest BCUT2D eigenvalue weighted by Gasteiger charge is -2.27. The highest BCUT2D eigenvalue weighted by molar-refractivity contribution is 5.07. The zero-order valence-corrected chi connectivity index (χ0v) is 11.4. The number of rotatable bonds is 4. The minimum Gasteiger partial charge on any atom is -0.369 e. The van der Waals surface area contributed by atoms with Crippen molar-refractivity contribution in [2.24, 2.45) is 11.3 Å². The SMILES string of the molecule is CC(C)C1(Cn2cncc2C2CNCCO2)CC1. The molecule has 1 aromatic rings. The zero-order valence-electron chi connectivity index (χ0n) is 11.4. The van der Waals surface area contributed by atoms with E-state index in [1.54, 1.807) is 0 Å². The highest BCUT2D eigenvalue weighted by Crippen LogP contribution is 2.53. The minimum atomic E-state index is 0.171. The molecule has 0 amide bonds. The van der Waals surface area contributed by atoms with Gasteiger partial charge in [0.1, 0.15) is 6.10 Å². The molecule has 1 aromatic heterocycles. The zero-order chi connectivity index (χ0) is 12.6. The van der Waals surface area contributed by atoms with E-state index in [0.29, 0.717) is 5.41 Å². The molecule has 1 aliphatic carbocycles. The maximum atomic E-state index is 5.84. The van der Waals surface area contributed by atoms with E-state index in [-0.39, 0.29) is 6.10 Å². The van der Waals surface area contributed by atoms with Crippen LogP contribution in [0.25, 0.3) is 0 Å². The maximum absolute atomic E-state index is 5.84. The van der Waals surface area contributed by atoms with Crippen molar-refractivity contribution >= 4 is 0 Å². The fourth-order valence-electron chi connectivity index (χ4n) is 2.90. The van der Waals surface area contributed by atoms with Crippen molar-refractivity contribution in [2.45, 2.75) is 39.3 Å². The van der Waals surface area contributed by atoms with Crippen molar-refractivity contribution in [3.05, 3.63) is 18.2 Å². The van der Waals surface area contributed by atoms with Crippen LogP contribution in [0.2, 0.25) is 0 Å². The molecule has 0 aromatic carbocycles. The van der Waals surface area contributed by atoms with Crippen LogP contribution in [0.4, 0.5) is 0 Å². The second kappa shape index (κ2) is 4.67. The van der Waals surface area contributed by atoms with Gasteiger partial charge in [0.15, 0.2) is 0 Å². The van der Waals surface area contributed by atoms with Gasteiger partial charge in [-0.05, 0) is 24.2 Å². The van der Waals surface area contributed by atoms with Gasteiger partial charge < -0.3 is 14.6 Å². The number of nitrogens with zero attached hydrogens (tertiary/aromatic N) is 2. The Labute approximate surface area is 109 Å². The van der Waals surface area contributed by atoms with Gasteiger partial charge in [-0.2, -0.15) is 0 Å². The number of imidazole rings is 1. The topological polar surface area (TPSA) is 39.1 Å². The third-order valence-corrected chi connectivity index (χ3v) is 4.60. The highest BCUT2D eigenvalue weighted by Gasteiger charge is 2.45. The first-order chi connectivity index (χ1) is 8.71. The van der Waals surface area contributed by atoms with Gasteiger partial charge in [0.05, 0.1) is 24.8 Å². The predicted octanol–water partition coefficient (Wildman–Crippen LogP) is 1.98. The van der Waals surface area contributed by atoms with Gasteiger partial charge in [0.25, 0.3) is 0 Å². The second-order valence-corrected chi connectivity index (χ2v) is 6.03. The number of hydrogen-bond acceptors (Lipinski definition) is 3. The number of ether oxygens (including phenoxy) is 1. The molecular weight excluding hydrogens is 226 g/mol. The lowest BCUT2D eigenvalue weighted by atomic mass is 9.92. The van der Waals surface area contributed by atoms with Gasteiger partial charge in [-0.15, -0.1) is 0 Å². The van der Waals surface area contributed by atoms with E-state index in [9.17, 15) is 0 Å². The fourth-order valence-corrected chi connectivity index (χ4v) is 2.90. The Kier molecular flexibility index (Phi) is 3.16. The van der Waals surface area contributed by atoms with Crippen LogP contribution in [0.5, 0.6) is 0 Å². The molecule has 4 nitrogen and oxygen atoms in total. The van der Waals surface area contributed by atoms with E-state index in [4.69, 9.17) is 4.74 Å². The molecule has 1 saturated heterocycles. The van der Waals surface area contributed by atoms with Crippen LogP contribution in [0.1, 0.15) is 38.5 Å². The summed E-state index contributed by atoms with van der Waals surface area (Å²) in [6, 6.07) is 0. The summed E-state index contributed by atoms with van der Waals surface area (Å²) in [4.78, 5) is 4.32. The minimum absolute atomic E-state index is 0.171. The Morgan fingerprint density at radius 2 is 2.39 bits per heavy atom. The van der Waals surface area contributed by atoms with E-state index < -0.39 is 0 Å². The molecule has 2 heterocycles. The molecule has 1 saturated carbocycles. The molecule has 1 atom stereocenters. The molecule has 18 heavy (non-hydrogen) atoms. The van der Waals surface area contributed by atoms with Gasteiger partial charge in [-0.1, -0.05) is 13.8 Å². The first-order valence-corrected chi connectivity index (χ1v) is 7.04. The molecule has 0 radical (unpaired) electrons. The number of hydrogen-bond donors (Lipinski definition) is 1. The standard InChI is InChI=1S/C14H23N3O/c1-11(2)14(3-4-14)9-17-10-16-7-12(17)13-8-15-5-6-18-13/h7,10-11,13,15H,3-6,8-9H2,1-2H3. The molecule has 0 bridgehead atoms. The Balaban J connectivity index is 1.75. The average Bonchev–Trinajstić information content (AvgIpc) is 3.02. The first kappa shape index (κ1) is 12.2. The molecule has 4 heteroatoms. The van der Waals surface area contributed by atoms with E-state index in [2.05, 4.69) is 28.7 Å². The summed E-state index contributed by atoms with van der Waals surface area (Å²) < 4.78 is 8.15. The van der Waals surface area contributed by atoms with Crippen LogP contribution in [-0.2, 0) is 11.3 Å².